The van der Waals surface area contributed by atoms with Gasteiger partial charge in [0.1, 0.15) is 5.75 Å². The standard InChI is InChI=1S/C16H24N2O2/c1-3-10-17-11-13-6-4-5-7-15(13)20-12(2)16(19)18-14-8-9-14/h4-7,12,14,17H,3,8-11H2,1-2H3,(H,18,19). The number of rotatable bonds is 8. The fraction of sp³-hybridized carbons (Fsp3) is 0.562. The Balaban J connectivity index is 1.91. The maximum atomic E-state index is 11.9. The molecule has 1 aliphatic carbocycles. The highest BCUT2D eigenvalue weighted by atomic mass is 16.5. The first-order chi connectivity index (χ1) is 9.70. The Bertz CT molecular complexity index is 444. The number of ether oxygens (including phenoxy) is 1. The second-order valence-electron chi connectivity index (χ2n) is 5.33. The number of hydrogen-bond acceptors (Lipinski definition) is 3. The first-order valence-electron chi connectivity index (χ1n) is 7.46. The number of carbonyl (C=O) groups excluding carboxylic acids is 1. The summed E-state index contributed by atoms with van der Waals surface area (Å²) in [5, 5.41) is 6.32. The van der Waals surface area contributed by atoms with Crippen molar-refractivity contribution in [3.05, 3.63) is 29.8 Å². The molecule has 1 aromatic rings. The first kappa shape index (κ1) is 14.9. The van der Waals surface area contributed by atoms with Crippen LogP contribution >= 0.6 is 0 Å². The zero-order valence-electron chi connectivity index (χ0n) is 12.3. The van der Waals surface area contributed by atoms with Crippen LogP contribution in [-0.4, -0.2) is 24.6 Å². The van der Waals surface area contributed by atoms with Crippen molar-refractivity contribution in [1.82, 2.24) is 10.6 Å². The van der Waals surface area contributed by atoms with Crippen molar-refractivity contribution in [3.8, 4) is 5.75 Å². The summed E-state index contributed by atoms with van der Waals surface area (Å²) in [7, 11) is 0. The van der Waals surface area contributed by atoms with Gasteiger partial charge >= 0.3 is 0 Å². The minimum Gasteiger partial charge on any atom is -0.481 e. The van der Waals surface area contributed by atoms with E-state index in [1.807, 2.05) is 24.3 Å². The highest BCUT2D eigenvalue weighted by molar-refractivity contribution is 5.81. The topological polar surface area (TPSA) is 50.4 Å². The van der Waals surface area contributed by atoms with Gasteiger partial charge in [-0.05, 0) is 38.8 Å². The van der Waals surface area contributed by atoms with Crippen LogP contribution in [0, 0.1) is 0 Å². The largest absolute Gasteiger partial charge is 0.481 e. The molecule has 1 fully saturated rings. The predicted molar refractivity (Wildman–Crippen MR) is 79.7 cm³/mol. The van der Waals surface area contributed by atoms with Crippen LogP contribution in [0.1, 0.15) is 38.7 Å². The van der Waals surface area contributed by atoms with E-state index < -0.39 is 6.10 Å². The summed E-state index contributed by atoms with van der Waals surface area (Å²) >= 11 is 0. The molecule has 0 aromatic heterocycles. The van der Waals surface area contributed by atoms with Gasteiger partial charge in [-0.25, -0.2) is 0 Å². The van der Waals surface area contributed by atoms with Gasteiger partial charge in [-0.3, -0.25) is 4.79 Å². The van der Waals surface area contributed by atoms with E-state index in [1.54, 1.807) is 6.92 Å². The van der Waals surface area contributed by atoms with E-state index in [-0.39, 0.29) is 5.91 Å². The van der Waals surface area contributed by atoms with Crippen molar-refractivity contribution < 1.29 is 9.53 Å². The van der Waals surface area contributed by atoms with E-state index in [0.29, 0.717) is 6.04 Å². The van der Waals surface area contributed by atoms with Crippen LogP contribution in [0.2, 0.25) is 0 Å². The van der Waals surface area contributed by atoms with Gasteiger partial charge in [0, 0.05) is 18.2 Å². The van der Waals surface area contributed by atoms with Crippen LogP contribution in [0.3, 0.4) is 0 Å². The highest BCUT2D eigenvalue weighted by Crippen LogP contribution is 2.21. The molecule has 0 aliphatic heterocycles. The van der Waals surface area contributed by atoms with E-state index in [2.05, 4.69) is 17.6 Å². The summed E-state index contributed by atoms with van der Waals surface area (Å²) in [5.74, 6) is 0.762. The summed E-state index contributed by atoms with van der Waals surface area (Å²) in [6, 6.07) is 8.25. The van der Waals surface area contributed by atoms with Gasteiger partial charge in [-0.1, -0.05) is 25.1 Å². The molecule has 0 bridgehead atoms. The molecule has 1 saturated carbocycles. The number of carbonyl (C=O) groups is 1. The third-order valence-corrected chi connectivity index (χ3v) is 3.31. The van der Waals surface area contributed by atoms with Crippen LogP contribution in [0.4, 0.5) is 0 Å². The number of benzene rings is 1. The Labute approximate surface area is 120 Å². The summed E-state index contributed by atoms with van der Waals surface area (Å²) < 4.78 is 5.81. The number of nitrogens with one attached hydrogen (secondary N) is 2. The van der Waals surface area contributed by atoms with Crippen LogP contribution in [0.15, 0.2) is 24.3 Å². The van der Waals surface area contributed by atoms with Crippen LogP contribution in [-0.2, 0) is 11.3 Å². The third-order valence-electron chi connectivity index (χ3n) is 3.31. The Morgan fingerprint density at radius 3 is 2.85 bits per heavy atom. The Kier molecular flexibility index (Phi) is 5.41. The molecule has 1 unspecified atom stereocenters. The molecule has 1 amide bonds. The quantitative estimate of drug-likeness (QED) is 0.716. The van der Waals surface area contributed by atoms with Crippen molar-refractivity contribution in [2.45, 2.75) is 51.8 Å². The summed E-state index contributed by atoms with van der Waals surface area (Å²) in [4.78, 5) is 11.9. The lowest BCUT2D eigenvalue weighted by atomic mass is 10.2. The lowest BCUT2D eigenvalue weighted by Gasteiger charge is -2.17. The SMILES string of the molecule is CCCNCc1ccccc1OC(C)C(=O)NC1CC1. The zero-order valence-corrected chi connectivity index (χ0v) is 12.3. The van der Waals surface area contributed by atoms with Crippen LogP contribution in [0.5, 0.6) is 5.75 Å². The molecule has 0 radical (unpaired) electrons. The van der Waals surface area contributed by atoms with E-state index in [9.17, 15) is 4.79 Å². The molecule has 2 N–H and O–H groups in total. The van der Waals surface area contributed by atoms with Gasteiger partial charge in [0.2, 0.25) is 0 Å². The van der Waals surface area contributed by atoms with Crippen molar-refractivity contribution in [2.75, 3.05) is 6.54 Å². The van der Waals surface area contributed by atoms with Gasteiger partial charge in [-0.2, -0.15) is 0 Å². The normalized spacial score (nSPS) is 15.7. The summed E-state index contributed by atoms with van der Waals surface area (Å²) in [6.07, 6.45) is 2.83. The van der Waals surface area contributed by atoms with Crippen molar-refractivity contribution in [2.24, 2.45) is 0 Å². The second-order valence-corrected chi connectivity index (χ2v) is 5.33. The molecule has 0 spiro atoms. The van der Waals surface area contributed by atoms with E-state index in [1.165, 1.54) is 0 Å². The smallest absolute Gasteiger partial charge is 0.260 e. The number of hydrogen-bond donors (Lipinski definition) is 2. The monoisotopic (exact) mass is 276 g/mol. The van der Waals surface area contributed by atoms with Crippen molar-refractivity contribution in [1.29, 1.82) is 0 Å². The molecule has 2 rings (SSSR count). The maximum Gasteiger partial charge on any atom is 0.260 e. The molecule has 1 aliphatic rings. The van der Waals surface area contributed by atoms with Crippen LogP contribution < -0.4 is 15.4 Å². The van der Waals surface area contributed by atoms with Gasteiger partial charge in [0.15, 0.2) is 6.10 Å². The van der Waals surface area contributed by atoms with Crippen molar-refractivity contribution >= 4 is 5.91 Å². The molecule has 0 heterocycles. The molecule has 110 valence electrons. The first-order valence-corrected chi connectivity index (χ1v) is 7.46. The molecule has 1 atom stereocenters. The van der Waals surface area contributed by atoms with Crippen molar-refractivity contribution in [3.63, 3.8) is 0 Å². The summed E-state index contributed by atoms with van der Waals surface area (Å²) in [5.41, 5.74) is 1.09. The maximum absolute atomic E-state index is 11.9. The fourth-order valence-corrected chi connectivity index (χ4v) is 1.95. The molecule has 1 aromatic carbocycles. The predicted octanol–water partition coefficient (Wildman–Crippen LogP) is 2.23. The lowest BCUT2D eigenvalue weighted by molar-refractivity contribution is -0.127. The highest BCUT2D eigenvalue weighted by Gasteiger charge is 2.26. The molecule has 20 heavy (non-hydrogen) atoms. The molecule has 4 heteroatoms. The summed E-state index contributed by atoms with van der Waals surface area (Å²) in [6.45, 7) is 5.68. The second kappa shape index (κ2) is 7.29. The van der Waals surface area contributed by atoms with Gasteiger partial charge in [0.25, 0.3) is 5.91 Å². The zero-order chi connectivity index (χ0) is 14.4. The molecular formula is C16H24N2O2. The minimum atomic E-state index is -0.456. The average molecular weight is 276 g/mol. The fourth-order valence-electron chi connectivity index (χ4n) is 1.95. The average Bonchev–Trinajstić information content (AvgIpc) is 3.25. The third kappa shape index (κ3) is 4.53. The molecular weight excluding hydrogens is 252 g/mol. The van der Waals surface area contributed by atoms with E-state index >= 15 is 0 Å². The molecule has 4 nitrogen and oxygen atoms in total. The van der Waals surface area contributed by atoms with Crippen LogP contribution in [0.25, 0.3) is 0 Å². The van der Waals surface area contributed by atoms with Gasteiger partial charge in [0.05, 0.1) is 0 Å². The lowest BCUT2D eigenvalue weighted by Crippen LogP contribution is -2.37. The van der Waals surface area contributed by atoms with Gasteiger partial charge in [-0.15, -0.1) is 0 Å². The minimum absolute atomic E-state index is 0.0242. The number of para-hydroxylation sites is 1. The number of amides is 1. The molecule has 0 saturated heterocycles. The van der Waals surface area contributed by atoms with E-state index in [0.717, 1.165) is 43.7 Å². The van der Waals surface area contributed by atoms with Gasteiger partial charge < -0.3 is 15.4 Å². The van der Waals surface area contributed by atoms with E-state index in [4.69, 9.17) is 4.74 Å². The Morgan fingerprint density at radius 1 is 1.40 bits per heavy atom. The Morgan fingerprint density at radius 2 is 2.15 bits per heavy atom. The Hall–Kier alpha value is -1.55.